The van der Waals surface area contributed by atoms with Gasteiger partial charge in [-0.1, -0.05) is 44.2 Å². The summed E-state index contributed by atoms with van der Waals surface area (Å²) in [5.74, 6) is 0.707. The lowest BCUT2D eigenvalue weighted by atomic mass is 9.94. The molecule has 0 radical (unpaired) electrons. The number of hydrogen-bond donors (Lipinski definition) is 1. The van der Waals surface area contributed by atoms with E-state index in [9.17, 15) is 22.4 Å². The maximum Gasteiger partial charge on any atom is 0.419 e. The van der Waals surface area contributed by atoms with E-state index in [0.717, 1.165) is 29.1 Å². The molecule has 1 saturated heterocycles. The summed E-state index contributed by atoms with van der Waals surface area (Å²) in [7, 11) is 0. The van der Waals surface area contributed by atoms with Crippen LogP contribution >= 0.6 is 0 Å². The predicted molar refractivity (Wildman–Crippen MR) is 171 cm³/mol. The van der Waals surface area contributed by atoms with E-state index >= 15 is 0 Å². The van der Waals surface area contributed by atoms with E-state index in [-0.39, 0.29) is 24.0 Å². The number of benzene rings is 2. The number of halogens is 4. The number of likely N-dealkylation sites (N-methyl/N-ethyl adjacent to an activating group) is 1. The quantitative estimate of drug-likeness (QED) is 0.180. The van der Waals surface area contributed by atoms with E-state index in [0.29, 0.717) is 62.9 Å². The highest BCUT2D eigenvalue weighted by Crippen LogP contribution is 2.37. The molecule has 0 unspecified atom stereocenters. The zero-order chi connectivity index (χ0) is 33.7. The van der Waals surface area contributed by atoms with E-state index in [1.807, 2.05) is 55.7 Å². The van der Waals surface area contributed by atoms with Crippen LogP contribution < -0.4 is 10.6 Å². The van der Waals surface area contributed by atoms with Crippen molar-refractivity contribution in [1.82, 2.24) is 24.4 Å². The fourth-order valence-corrected chi connectivity index (χ4v) is 5.95. The minimum absolute atomic E-state index is 0.0238. The minimum Gasteiger partial charge on any atom is -0.445 e. The van der Waals surface area contributed by atoms with Crippen molar-refractivity contribution in [1.29, 1.82) is 0 Å². The van der Waals surface area contributed by atoms with Gasteiger partial charge in [-0.25, -0.2) is 24.1 Å². The van der Waals surface area contributed by atoms with Gasteiger partial charge in [0.25, 0.3) is 0 Å². The SMILES string of the molecule is CCN(CCn1cc(-c2ccc(F)c(C(F)(F)F)c2)nc1C1CCN(c2ncnc(N)c2C(C)C)CC1)C(=O)OCc1ccccc1. The lowest BCUT2D eigenvalue weighted by molar-refractivity contribution is -0.139. The molecule has 47 heavy (non-hydrogen) atoms. The Morgan fingerprint density at radius 1 is 1.11 bits per heavy atom. The Morgan fingerprint density at radius 3 is 2.49 bits per heavy atom. The van der Waals surface area contributed by atoms with Crippen molar-refractivity contribution in [3.8, 4) is 11.3 Å². The van der Waals surface area contributed by atoms with Crippen molar-refractivity contribution in [2.24, 2.45) is 0 Å². The number of hydrogen-bond acceptors (Lipinski definition) is 7. The second-order valence-corrected chi connectivity index (χ2v) is 11.9. The first-order valence-electron chi connectivity index (χ1n) is 15.7. The van der Waals surface area contributed by atoms with Gasteiger partial charge in [-0.15, -0.1) is 0 Å². The molecule has 2 aromatic carbocycles. The molecule has 0 aliphatic carbocycles. The second kappa shape index (κ2) is 14.4. The topological polar surface area (TPSA) is 102 Å². The lowest BCUT2D eigenvalue weighted by Gasteiger charge is -2.34. The summed E-state index contributed by atoms with van der Waals surface area (Å²) in [6.07, 6.45) is -0.772. The molecule has 5 rings (SSSR count). The molecule has 2 N–H and O–H groups in total. The Bertz CT molecular complexity index is 1670. The van der Waals surface area contributed by atoms with Crippen LogP contribution in [-0.2, 0) is 24.1 Å². The third kappa shape index (κ3) is 7.83. The molecule has 250 valence electrons. The second-order valence-electron chi connectivity index (χ2n) is 11.9. The van der Waals surface area contributed by atoms with Gasteiger partial charge in [-0.3, -0.25) is 0 Å². The highest BCUT2D eigenvalue weighted by molar-refractivity contribution is 5.67. The van der Waals surface area contributed by atoms with Crippen LogP contribution in [-0.4, -0.2) is 56.7 Å². The predicted octanol–water partition coefficient (Wildman–Crippen LogP) is 7.25. The van der Waals surface area contributed by atoms with Crippen molar-refractivity contribution in [2.45, 2.75) is 64.8 Å². The third-order valence-electron chi connectivity index (χ3n) is 8.46. The van der Waals surface area contributed by atoms with Gasteiger partial charge < -0.3 is 24.8 Å². The molecule has 1 aliphatic heterocycles. The normalized spacial score (nSPS) is 14.1. The van der Waals surface area contributed by atoms with Crippen LogP contribution in [0.1, 0.15) is 68.0 Å². The number of alkyl halides is 3. The molecule has 3 heterocycles. The lowest BCUT2D eigenvalue weighted by Crippen LogP contribution is -2.36. The Hall–Kier alpha value is -4.68. The maximum absolute atomic E-state index is 14.1. The van der Waals surface area contributed by atoms with E-state index < -0.39 is 23.7 Å². The monoisotopic (exact) mass is 653 g/mol. The van der Waals surface area contributed by atoms with Gasteiger partial charge >= 0.3 is 12.3 Å². The molecule has 9 nitrogen and oxygen atoms in total. The molecule has 1 aliphatic rings. The first-order chi connectivity index (χ1) is 22.5. The number of nitrogens with two attached hydrogens (primary N) is 1. The third-order valence-corrected chi connectivity index (χ3v) is 8.46. The molecule has 1 fully saturated rings. The molecular weight excluding hydrogens is 614 g/mol. The van der Waals surface area contributed by atoms with Crippen LogP contribution in [0.15, 0.2) is 61.1 Å². The highest BCUT2D eigenvalue weighted by atomic mass is 19.4. The summed E-state index contributed by atoms with van der Waals surface area (Å²) in [6.45, 7) is 8.41. The number of amides is 1. The summed E-state index contributed by atoms with van der Waals surface area (Å²) in [5, 5.41) is 0. The fraction of sp³-hybridized carbons (Fsp3) is 0.412. The Labute approximate surface area is 271 Å². The van der Waals surface area contributed by atoms with Crippen LogP contribution in [0.5, 0.6) is 0 Å². The number of aromatic nitrogens is 4. The first kappa shape index (κ1) is 33.7. The molecule has 13 heteroatoms. The smallest absolute Gasteiger partial charge is 0.419 e. The molecule has 4 aromatic rings. The van der Waals surface area contributed by atoms with E-state index in [1.54, 1.807) is 11.1 Å². The van der Waals surface area contributed by atoms with Gasteiger partial charge in [-0.2, -0.15) is 13.2 Å². The van der Waals surface area contributed by atoms with Gasteiger partial charge in [0.1, 0.15) is 36.2 Å². The summed E-state index contributed by atoms with van der Waals surface area (Å²) in [5.41, 5.74) is 7.06. The number of imidazole rings is 1. The van der Waals surface area contributed by atoms with Gasteiger partial charge in [0, 0.05) is 56.0 Å². The zero-order valence-corrected chi connectivity index (χ0v) is 26.7. The summed E-state index contributed by atoms with van der Waals surface area (Å²) in [4.78, 5) is 30.2. The number of carbonyl (C=O) groups excluding carboxylic acids is 1. The Balaban J connectivity index is 1.38. The molecular formula is C34H39F4N7O2. The van der Waals surface area contributed by atoms with Crippen molar-refractivity contribution in [3.63, 3.8) is 0 Å². The maximum atomic E-state index is 14.1. The van der Waals surface area contributed by atoms with Crippen LogP contribution in [0.25, 0.3) is 11.3 Å². The number of anilines is 2. The van der Waals surface area contributed by atoms with Crippen molar-refractivity contribution < 1.29 is 27.1 Å². The summed E-state index contributed by atoms with van der Waals surface area (Å²) >= 11 is 0. The minimum atomic E-state index is -4.85. The largest absolute Gasteiger partial charge is 0.445 e. The molecule has 1 amide bonds. The van der Waals surface area contributed by atoms with E-state index in [4.69, 9.17) is 15.5 Å². The van der Waals surface area contributed by atoms with Crippen LogP contribution in [0, 0.1) is 5.82 Å². The number of nitrogen functional groups attached to an aromatic ring is 1. The van der Waals surface area contributed by atoms with Gasteiger partial charge in [-0.05, 0) is 49.4 Å². The average molecular weight is 654 g/mol. The number of piperidine rings is 1. The Morgan fingerprint density at radius 2 is 1.83 bits per heavy atom. The van der Waals surface area contributed by atoms with Gasteiger partial charge in [0.15, 0.2) is 0 Å². The number of ether oxygens (including phenoxy) is 1. The standard InChI is InChI=1S/C34H39F4N7O2/c1-4-43(33(46)47-20-23-8-6-5-7-9-23)16-17-45-19-28(25-10-11-27(35)26(18-25)34(36,37)38)42-31(45)24-12-14-44(15-13-24)32-29(22(2)3)30(39)40-21-41-32/h5-11,18-19,21-22,24H,4,12-17,20H2,1-3H3,(H2,39,40,41). The summed E-state index contributed by atoms with van der Waals surface area (Å²) < 4.78 is 62.2. The number of nitrogens with zero attached hydrogens (tertiary/aromatic N) is 6. The molecule has 0 atom stereocenters. The highest BCUT2D eigenvalue weighted by Gasteiger charge is 2.35. The zero-order valence-electron chi connectivity index (χ0n) is 26.7. The van der Waals surface area contributed by atoms with Crippen molar-refractivity contribution in [2.75, 3.05) is 36.8 Å². The van der Waals surface area contributed by atoms with Crippen LogP contribution in [0.2, 0.25) is 0 Å². The van der Waals surface area contributed by atoms with E-state index in [2.05, 4.69) is 14.9 Å². The first-order valence-corrected chi connectivity index (χ1v) is 15.7. The Kier molecular flexibility index (Phi) is 10.3. The number of carbonyl (C=O) groups is 1. The van der Waals surface area contributed by atoms with Crippen molar-refractivity contribution in [3.05, 3.63) is 89.4 Å². The summed E-state index contributed by atoms with van der Waals surface area (Å²) in [6, 6.07) is 12.3. The van der Waals surface area contributed by atoms with Crippen LogP contribution in [0.3, 0.4) is 0 Å². The van der Waals surface area contributed by atoms with E-state index in [1.165, 1.54) is 12.4 Å². The number of rotatable bonds is 10. The van der Waals surface area contributed by atoms with Gasteiger partial charge in [0.05, 0.1) is 11.3 Å². The fourth-order valence-electron chi connectivity index (χ4n) is 5.95. The molecule has 0 saturated carbocycles. The van der Waals surface area contributed by atoms with Crippen LogP contribution in [0.4, 0.5) is 34.0 Å². The molecule has 0 bridgehead atoms. The van der Waals surface area contributed by atoms with Gasteiger partial charge in [0.2, 0.25) is 0 Å². The van der Waals surface area contributed by atoms with Crippen molar-refractivity contribution >= 4 is 17.7 Å². The molecule has 2 aromatic heterocycles. The molecule has 0 spiro atoms. The average Bonchev–Trinajstić information content (AvgIpc) is 3.48.